The van der Waals surface area contributed by atoms with Crippen LogP contribution in [0.15, 0.2) is 30.3 Å². The van der Waals surface area contributed by atoms with Crippen LogP contribution in [0.3, 0.4) is 0 Å². The zero-order chi connectivity index (χ0) is 11.8. The molecule has 1 aromatic carbocycles. The van der Waals surface area contributed by atoms with Crippen LogP contribution < -0.4 is 10.6 Å². The lowest BCUT2D eigenvalue weighted by molar-refractivity contribution is -0.139. The van der Waals surface area contributed by atoms with Crippen molar-refractivity contribution in [3.63, 3.8) is 0 Å². The number of carbonyl (C=O) groups excluding carboxylic acids is 2. The van der Waals surface area contributed by atoms with E-state index in [4.69, 9.17) is 5.11 Å². The van der Waals surface area contributed by atoms with Gasteiger partial charge in [-0.3, -0.25) is 9.59 Å². The molecule has 86 valence electrons. The second kappa shape index (κ2) is 6.58. The predicted octanol–water partition coefficient (Wildman–Crippen LogP) is -0.589. The van der Waals surface area contributed by atoms with Gasteiger partial charge >= 0.3 is 11.8 Å². The molecule has 0 fully saturated rings. The molecule has 0 atom stereocenters. The van der Waals surface area contributed by atoms with Gasteiger partial charge in [-0.25, -0.2) is 0 Å². The number of hydrogen-bond acceptors (Lipinski definition) is 3. The smallest absolute Gasteiger partial charge is 0.309 e. The highest BCUT2D eigenvalue weighted by Crippen LogP contribution is 1.96. The van der Waals surface area contributed by atoms with Crippen LogP contribution in [0.5, 0.6) is 0 Å². The lowest BCUT2D eigenvalue weighted by Crippen LogP contribution is -2.40. The number of aliphatic hydroxyl groups excluding tert-OH is 1. The highest BCUT2D eigenvalue weighted by Gasteiger charge is 2.11. The third-order valence-corrected chi connectivity index (χ3v) is 1.90. The molecule has 5 heteroatoms. The van der Waals surface area contributed by atoms with Crippen molar-refractivity contribution in [2.75, 3.05) is 13.2 Å². The maximum atomic E-state index is 11.2. The summed E-state index contributed by atoms with van der Waals surface area (Å²) in [5.74, 6) is -1.43. The van der Waals surface area contributed by atoms with Gasteiger partial charge < -0.3 is 15.7 Å². The van der Waals surface area contributed by atoms with Gasteiger partial charge in [-0.05, 0) is 5.56 Å². The molecular formula is C11H14N2O3. The molecular weight excluding hydrogens is 208 g/mol. The summed E-state index contributed by atoms with van der Waals surface area (Å²) in [4.78, 5) is 22.3. The maximum Gasteiger partial charge on any atom is 0.309 e. The van der Waals surface area contributed by atoms with Crippen LogP contribution in [0.25, 0.3) is 0 Å². The molecule has 0 unspecified atom stereocenters. The highest BCUT2D eigenvalue weighted by molar-refractivity contribution is 6.35. The maximum absolute atomic E-state index is 11.2. The fourth-order valence-corrected chi connectivity index (χ4v) is 1.11. The Kier molecular flexibility index (Phi) is 5.01. The summed E-state index contributed by atoms with van der Waals surface area (Å²) >= 11 is 0. The van der Waals surface area contributed by atoms with Crippen molar-refractivity contribution in [1.82, 2.24) is 10.6 Å². The van der Waals surface area contributed by atoms with Gasteiger partial charge in [-0.1, -0.05) is 30.3 Å². The van der Waals surface area contributed by atoms with Crippen molar-refractivity contribution in [2.24, 2.45) is 0 Å². The van der Waals surface area contributed by atoms with Gasteiger partial charge in [-0.2, -0.15) is 0 Å². The third-order valence-electron chi connectivity index (χ3n) is 1.90. The minimum absolute atomic E-state index is 0.0809. The molecule has 0 heterocycles. The summed E-state index contributed by atoms with van der Waals surface area (Å²) in [7, 11) is 0. The van der Waals surface area contributed by atoms with Gasteiger partial charge in [0.1, 0.15) is 0 Å². The fraction of sp³-hybridized carbons (Fsp3) is 0.273. The number of amides is 2. The van der Waals surface area contributed by atoms with Crippen LogP contribution in [0.4, 0.5) is 0 Å². The molecule has 1 aromatic rings. The first-order valence-electron chi connectivity index (χ1n) is 4.95. The van der Waals surface area contributed by atoms with Crippen LogP contribution in [-0.4, -0.2) is 30.1 Å². The SMILES string of the molecule is O=C(NCCO)C(=O)NCc1ccccc1. The van der Waals surface area contributed by atoms with E-state index in [0.717, 1.165) is 5.56 Å². The Hall–Kier alpha value is -1.88. The van der Waals surface area contributed by atoms with Crippen LogP contribution >= 0.6 is 0 Å². The van der Waals surface area contributed by atoms with Crippen LogP contribution in [0.2, 0.25) is 0 Å². The average molecular weight is 222 g/mol. The number of rotatable bonds is 4. The minimum atomic E-state index is -0.731. The van der Waals surface area contributed by atoms with Crippen molar-refractivity contribution in [3.05, 3.63) is 35.9 Å². The summed E-state index contributed by atoms with van der Waals surface area (Å²) in [6.07, 6.45) is 0. The molecule has 0 aromatic heterocycles. The summed E-state index contributed by atoms with van der Waals surface area (Å²) in [5.41, 5.74) is 0.922. The van der Waals surface area contributed by atoms with Gasteiger partial charge in [0.05, 0.1) is 6.61 Å². The van der Waals surface area contributed by atoms with E-state index < -0.39 is 11.8 Å². The summed E-state index contributed by atoms with van der Waals surface area (Å²) < 4.78 is 0. The summed E-state index contributed by atoms with van der Waals surface area (Å²) in [6.45, 7) is 0.210. The summed E-state index contributed by atoms with van der Waals surface area (Å²) in [5, 5.41) is 13.2. The molecule has 0 aliphatic rings. The molecule has 0 bridgehead atoms. The molecule has 0 radical (unpaired) electrons. The first-order chi connectivity index (χ1) is 7.74. The van der Waals surface area contributed by atoms with E-state index in [1.165, 1.54) is 0 Å². The molecule has 0 saturated heterocycles. The zero-order valence-electron chi connectivity index (χ0n) is 8.77. The molecule has 1 rings (SSSR count). The Morgan fingerprint density at radius 1 is 1.06 bits per heavy atom. The first-order valence-corrected chi connectivity index (χ1v) is 4.95. The molecule has 0 aliphatic carbocycles. The molecule has 0 spiro atoms. The number of benzene rings is 1. The van der Waals surface area contributed by atoms with Gasteiger partial charge in [0, 0.05) is 13.1 Å². The topological polar surface area (TPSA) is 78.4 Å². The van der Waals surface area contributed by atoms with Gasteiger partial charge in [0.15, 0.2) is 0 Å². The van der Waals surface area contributed by atoms with E-state index in [-0.39, 0.29) is 13.2 Å². The first kappa shape index (κ1) is 12.2. The number of nitrogens with one attached hydrogen (secondary N) is 2. The van der Waals surface area contributed by atoms with Crippen molar-refractivity contribution in [3.8, 4) is 0 Å². The highest BCUT2D eigenvalue weighted by atomic mass is 16.3. The zero-order valence-corrected chi connectivity index (χ0v) is 8.77. The van der Waals surface area contributed by atoms with E-state index in [0.29, 0.717) is 6.54 Å². The molecule has 16 heavy (non-hydrogen) atoms. The minimum Gasteiger partial charge on any atom is -0.395 e. The molecule has 3 N–H and O–H groups in total. The third kappa shape index (κ3) is 4.10. The Bertz CT molecular complexity index is 352. The van der Waals surface area contributed by atoms with E-state index >= 15 is 0 Å². The molecule has 5 nitrogen and oxygen atoms in total. The lowest BCUT2D eigenvalue weighted by atomic mass is 10.2. The fourth-order valence-electron chi connectivity index (χ4n) is 1.11. The van der Waals surface area contributed by atoms with Gasteiger partial charge in [0.2, 0.25) is 0 Å². The standard InChI is InChI=1S/C11H14N2O3/c14-7-6-12-10(15)11(16)13-8-9-4-2-1-3-5-9/h1-5,14H,6-8H2,(H,12,15)(H,13,16). The Labute approximate surface area is 93.5 Å². The summed E-state index contributed by atoms with van der Waals surface area (Å²) in [6, 6.07) is 9.29. The Balaban J connectivity index is 2.32. The molecule has 0 aliphatic heterocycles. The van der Waals surface area contributed by atoms with E-state index in [1.807, 2.05) is 30.3 Å². The molecule has 2 amide bonds. The van der Waals surface area contributed by atoms with E-state index in [2.05, 4.69) is 10.6 Å². The lowest BCUT2D eigenvalue weighted by Gasteiger charge is -2.05. The van der Waals surface area contributed by atoms with Crippen LogP contribution in [0, 0.1) is 0 Å². The van der Waals surface area contributed by atoms with Crippen LogP contribution in [0.1, 0.15) is 5.56 Å². The normalized spacial score (nSPS) is 9.56. The van der Waals surface area contributed by atoms with E-state index in [9.17, 15) is 9.59 Å². The number of aliphatic hydroxyl groups is 1. The largest absolute Gasteiger partial charge is 0.395 e. The monoisotopic (exact) mass is 222 g/mol. The second-order valence-electron chi connectivity index (χ2n) is 3.15. The van der Waals surface area contributed by atoms with Crippen molar-refractivity contribution in [2.45, 2.75) is 6.54 Å². The van der Waals surface area contributed by atoms with Crippen molar-refractivity contribution in [1.29, 1.82) is 0 Å². The Morgan fingerprint density at radius 3 is 2.31 bits per heavy atom. The van der Waals surface area contributed by atoms with Gasteiger partial charge in [0.25, 0.3) is 0 Å². The van der Waals surface area contributed by atoms with Crippen molar-refractivity contribution >= 4 is 11.8 Å². The van der Waals surface area contributed by atoms with Crippen LogP contribution in [-0.2, 0) is 16.1 Å². The number of hydrogen-bond donors (Lipinski definition) is 3. The predicted molar refractivity (Wildman–Crippen MR) is 58.4 cm³/mol. The van der Waals surface area contributed by atoms with Gasteiger partial charge in [-0.15, -0.1) is 0 Å². The second-order valence-corrected chi connectivity index (χ2v) is 3.15. The Morgan fingerprint density at radius 2 is 1.69 bits per heavy atom. The average Bonchev–Trinajstić information content (AvgIpc) is 2.34. The van der Waals surface area contributed by atoms with E-state index in [1.54, 1.807) is 0 Å². The van der Waals surface area contributed by atoms with Crippen molar-refractivity contribution < 1.29 is 14.7 Å². The number of carbonyl (C=O) groups is 2. The molecule has 0 saturated carbocycles. The quantitative estimate of drug-likeness (QED) is 0.596.